The molecule has 1 aliphatic heterocycles. The molecule has 29 heavy (non-hydrogen) atoms. The molecule has 0 aliphatic carbocycles. The lowest BCUT2D eigenvalue weighted by Crippen LogP contribution is -2.48. The predicted octanol–water partition coefficient (Wildman–Crippen LogP) is 1.08. The van der Waals surface area contributed by atoms with Crippen molar-refractivity contribution in [1.82, 2.24) is 14.8 Å². The maximum Gasteiger partial charge on any atom is 0.269 e. The fraction of sp³-hybridized carbons (Fsp3) is 0.250. The van der Waals surface area contributed by atoms with E-state index in [1.165, 1.54) is 57.5 Å². The highest BCUT2D eigenvalue weighted by Gasteiger charge is 2.29. The van der Waals surface area contributed by atoms with Crippen LogP contribution in [0.5, 0.6) is 0 Å². The van der Waals surface area contributed by atoms with E-state index in [2.05, 4.69) is 4.98 Å². The van der Waals surface area contributed by atoms with E-state index in [1.54, 1.807) is 6.20 Å². The van der Waals surface area contributed by atoms with Gasteiger partial charge in [0.15, 0.2) is 5.13 Å². The number of benzene rings is 1. The number of sulfonamides is 1. The molecule has 0 atom stereocenters. The van der Waals surface area contributed by atoms with Crippen LogP contribution in [0.4, 0.5) is 10.8 Å². The summed E-state index contributed by atoms with van der Waals surface area (Å²) in [6.45, 7) is 1.36. The Morgan fingerprint density at radius 3 is 2.48 bits per heavy atom. The fourth-order valence-corrected chi connectivity index (χ4v) is 5.00. The molecule has 0 saturated carbocycles. The summed E-state index contributed by atoms with van der Waals surface area (Å²) in [5.74, 6) is -0.648. The summed E-state index contributed by atoms with van der Waals surface area (Å²) in [5, 5.41) is 19.9. The van der Waals surface area contributed by atoms with Crippen LogP contribution < -0.4 is 10.4 Å². The van der Waals surface area contributed by atoms with Crippen molar-refractivity contribution in [2.45, 2.75) is 4.90 Å². The van der Waals surface area contributed by atoms with Gasteiger partial charge >= 0.3 is 0 Å². The molecule has 1 aromatic carbocycles. The van der Waals surface area contributed by atoms with Gasteiger partial charge in [-0.2, -0.15) is 4.31 Å². The number of piperazine rings is 1. The van der Waals surface area contributed by atoms with Crippen molar-refractivity contribution >= 4 is 44.2 Å². The zero-order chi connectivity index (χ0) is 21.0. The minimum Gasteiger partial charge on any atom is -0.345 e. The number of anilines is 1. The Balaban J connectivity index is 1.64. The van der Waals surface area contributed by atoms with Gasteiger partial charge in [0.1, 0.15) is 0 Å². The monoisotopic (exact) mass is 439 g/mol. The molecular formula is C16H17N5O6S2. The summed E-state index contributed by atoms with van der Waals surface area (Å²) in [6.07, 6.45) is 4.27. The van der Waals surface area contributed by atoms with E-state index in [-0.39, 0.29) is 23.7 Å². The number of non-ortho nitro benzene ring substituents is 1. The molecule has 0 spiro atoms. The molecule has 11 nitrogen and oxygen atoms in total. The van der Waals surface area contributed by atoms with Crippen molar-refractivity contribution in [3.05, 3.63) is 51.5 Å². The van der Waals surface area contributed by atoms with Gasteiger partial charge in [-0.05, 0) is 18.2 Å². The highest BCUT2D eigenvalue weighted by Crippen LogP contribution is 2.26. The third-order valence-corrected chi connectivity index (χ3v) is 7.15. The van der Waals surface area contributed by atoms with E-state index >= 15 is 0 Å². The molecule has 0 bridgehead atoms. The van der Waals surface area contributed by atoms with Crippen molar-refractivity contribution in [2.24, 2.45) is 0 Å². The smallest absolute Gasteiger partial charge is 0.269 e. The highest BCUT2D eigenvalue weighted by atomic mass is 32.2. The van der Waals surface area contributed by atoms with E-state index in [0.717, 1.165) is 0 Å². The molecular weight excluding hydrogens is 422 g/mol. The van der Waals surface area contributed by atoms with Gasteiger partial charge in [-0.25, -0.2) is 18.9 Å². The van der Waals surface area contributed by atoms with Gasteiger partial charge in [-0.1, -0.05) is 11.3 Å². The standard InChI is InChI=1S/C16H17N5O6S2/c22-15(18-23)6-3-13-11-17-16(28-13)19-7-9-20(10-8-19)29(26,27)14-4-1-12(2-5-14)21(24)25/h1-6,11,23H,7-10H2,(H,18,22)/b6-3+. The Labute approximate surface area is 170 Å². The zero-order valence-electron chi connectivity index (χ0n) is 15.0. The van der Waals surface area contributed by atoms with Crippen LogP contribution in [-0.2, 0) is 14.8 Å². The number of rotatable bonds is 6. The van der Waals surface area contributed by atoms with E-state index < -0.39 is 20.9 Å². The van der Waals surface area contributed by atoms with Crippen LogP contribution in [-0.4, -0.2) is 59.9 Å². The number of amides is 1. The van der Waals surface area contributed by atoms with Gasteiger partial charge in [0.25, 0.3) is 11.6 Å². The van der Waals surface area contributed by atoms with Crippen molar-refractivity contribution < 1.29 is 23.3 Å². The molecule has 2 heterocycles. The van der Waals surface area contributed by atoms with Crippen LogP contribution in [0.2, 0.25) is 0 Å². The number of carbonyl (C=O) groups excluding carboxylic acids is 1. The molecule has 0 radical (unpaired) electrons. The minimum absolute atomic E-state index is 0.0142. The molecule has 1 aliphatic rings. The SMILES string of the molecule is O=C(/C=C/c1cnc(N2CCN(S(=O)(=O)c3ccc([N+](=O)[O-])cc3)CC2)s1)NO. The third kappa shape index (κ3) is 4.76. The number of hydroxylamine groups is 1. The van der Waals surface area contributed by atoms with Gasteiger partial charge < -0.3 is 4.90 Å². The first kappa shape index (κ1) is 20.9. The number of nitrogens with one attached hydrogen (secondary N) is 1. The van der Waals surface area contributed by atoms with Crippen molar-refractivity contribution in [1.29, 1.82) is 0 Å². The van der Waals surface area contributed by atoms with E-state index in [4.69, 9.17) is 5.21 Å². The number of nitrogens with zero attached hydrogens (tertiary/aromatic N) is 4. The zero-order valence-corrected chi connectivity index (χ0v) is 16.6. The molecule has 1 amide bonds. The van der Waals surface area contributed by atoms with Crippen LogP contribution in [0.25, 0.3) is 6.08 Å². The van der Waals surface area contributed by atoms with Crippen LogP contribution in [0.3, 0.4) is 0 Å². The summed E-state index contributed by atoms with van der Waals surface area (Å²) < 4.78 is 26.8. The van der Waals surface area contributed by atoms with E-state index in [9.17, 15) is 23.3 Å². The number of hydrogen-bond acceptors (Lipinski definition) is 9. The molecule has 2 N–H and O–H groups in total. The second-order valence-electron chi connectivity index (χ2n) is 6.00. The Hall–Kier alpha value is -2.87. The van der Waals surface area contributed by atoms with Gasteiger partial charge in [0.05, 0.1) is 9.82 Å². The van der Waals surface area contributed by atoms with E-state index in [1.807, 2.05) is 4.90 Å². The summed E-state index contributed by atoms with van der Waals surface area (Å²) in [6, 6.07) is 4.82. The summed E-state index contributed by atoms with van der Waals surface area (Å²) in [4.78, 5) is 28.1. The third-order valence-electron chi connectivity index (χ3n) is 4.22. The molecule has 2 aromatic rings. The number of hydrogen-bond donors (Lipinski definition) is 2. The van der Waals surface area contributed by atoms with Gasteiger partial charge in [0, 0.05) is 55.5 Å². The van der Waals surface area contributed by atoms with E-state index in [0.29, 0.717) is 23.1 Å². The molecule has 1 aromatic heterocycles. The second kappa shape index (κ2) is 8.65. The summed E-state index contributed by atoms with van der Waals surface area (Å²) >= 11 is 1.34. The van der Waals surface area contributed by atoms with Crippen molar-refractivity contribution in [2.75, 3.05) is 31.1 Å². The first-order chi connectivity index (χ1) is 13.8. The topological polar surface area (TPSA) is 146 Å². The maximum absolute atomic E-state index is 12.8. The highest BCUT2D eigenvalue weighted by molar-refractivity contribution is 7.89. The Kier molecular flexibility index (Phi) is 6.22. The van der Waals surface area contributed by atoms with Crippen LogP contribution in [0, 0.1) is 10.1 Å². The number of aromatic nitrogens is 1. The molecule has 154 valence electrons. The Bertz CT molecular complexity index is 1030. The van der Waals surface area contributed by atoms with Gasteiger partial charge in [-0.3, -0.25) is 20.1 Å². The van der Waals surface area contributed by atoms with Crippen molar-refractivity contribution in [3.8, 4) is 0 Å². The first-order valence-corrected chi connectivity index (χ1v) is 10.6. The number of carbonyl (C=O) groups is 1. The van der Waals surface area contributed by atoms with Gasteiger partial charge in [-0.15, -0.1) is 0 Å². The van der Waals surface area contributed by atoms with Crippen LogP contribution in [0.1, 0.15) is 4.88 Å². The van der Waals surface area contributed by atoms with Gasteiger partial charge in [0.2, 0.25) is 10.0 Å². The lowest BCUT2D eigenvalue weighted by atomic mass is 10.3. The van der Waals surface area contributed by atoms with Crippen LogP contribution >= 0.6 is 11.3 Å². The quantitative estimate of drug-likeness (QED) is 0.294. The average Bonchev–Trinajstić information content (AvgIpc) is 3.21. The largest absolute Gasteiger partial charge is 0.345 e. The molecule has 0 unspecified atom stereocenters. The number of nitro groups is 1. The lowest BCUT2D eigenvalue weighted by Gasteiger charge is -2.33. The Morgan fingerprint density at radius 1 is 1.24 bits per heavy atom. The van der Waals surface area contributed by atoms with Crippen molar-refractivity contribution in [3.63, 3.8) is 0 Å². The summed E-state index contributed by atoms with van der Waals surface area (Å²) in [7, 11) is -3.74. The number of nitro benzene ring substituents is 1. The normalized spacial score (nSPS) is 15.6. The molecule has 1 saturated heterocycles. The second-order valence-corrected chi connectivity index (χ2v) is 8.98. The summed E-state index contributed by atoms with van der Waals surface area (Å²) in [5.41, 5.74) is 1.33. The fourth-order valence-electron chi connectivity index (χ4n) is 2.70. The molecule has 13 heteroatoms. The predicted molar refractivity (Wildman–Crippen MR) is 105 cm³/mol. The van der Waals surface area contributed by atoms with Crippen LogP contribution in [0.15, 0.2) is 41.4 Å². The number of thiazole rings is 1. The maximum atomic E-state index is 12.8. The Morgan fingerprint density at radius 2 is 1.90 bits per heavy atom. The lowest BCUT2D eigenvalue weighted by molar-refractivity contribution is -0.384. The average molecular weight is 439 g/mol. The minimum atomic E-state index is -3.74. The molecule has 1 fully saturated rings. The molecule has 3 rings (SSSR count). The first-order valence-electron chi connectivity index (χ1n) is 8.39.